The zero-order valence-corrected chi connectivity index (χ0v) is 9.43. The van der Waals surface area contributed by atoms with Gasteiger partial charge in [-0.1, -0.05) is 23.2 Å². The van der Waals surface area contributed by atoms with Crippen LogP contribution in [0, 0.1) is 6.92 Å². The molecule has 0 heterocycles. The van der Waals surface area contributed by atoms with Crippen molar-refractivity contribution in [3.63, 3.8) is 0 Å². The second kappa shape index (κ2) is 4.63. The van der Waals surface area contributed by atoms with Gasteiger partial charge in [0.1, 0.15) is 0 Å². The molecule has 0 aliphatic rings. The number of hydrogen-bond donors (Lipinski definition) is 1. The molecule has 1 aromatic carbocycles. The van der Waals surface area contributed by atoms with E-state index in [4.69, 9.17) is 17.3 Å². The molecule has 0 amide bonds. The molecule has 1 atom stereocenters. The molecule has 1 nitrogen and oxygen atoms in total. The Bertz CT molecular complexity index is 324. The second-order valence-corrected chi connectivity index (χ2v) is 4.27. The Balaban J connectivity index is 2.89. The van der Waals surface area contributed by atoms with Gasteiger partial charge in [0.15, 0.2) is 0 Å². The van der Waals surface area contributed by atoms with Crippen LogP contribution in [0.25, 0.3) is 0 Å². The van der Waals surface area contributed by atoms with Crippen LogP contribution in [0.15, 0.2) is 30.4 Å². The monoisotopic (exact) mass is 209 g/mol. The molecule has 0 radical (unpaired) electrons. The molecule has 0 saturated heterocycles. The fourth-order valence-corrected chi connectivity index (χ4v) is 1.77. The predicted octanol–water partition coefficient (Wildman–Crippen LogP) is 3.61. The van der Waals surface area contributed by atoms with E-state index >= 15 is 0 Å². The van der Waals surface area contributed by atoms with Crippen molar-refractivity contribution >= 4 is 11.6 Å². The molecule has 2 N–H and O–H groups in total. The van der Waals surface area contributed by atoms with Crippen LogP contribution in [-0.2, 0) is 0 Å². The summed E-state index contributed by atoms with van der Waals surface area (Å²) in [6, 6.07) is 5.92. The third-order valence-corrected chi connectivity index (χ3v) is 2.28. The topological polar surface area (TPSA) is 26.0 Å². The van der Waals surface area contributed by atoms with Gasteiger partial charge < -0.3 is 5.73 Å². The van der Waals surface area contributed by atoms with E-state index in [1.807, 2.05) is 26.0 Å². The molecular formula is C12H16ClN. The van der Waals surface area contributed by atoms with Crippen molar-refractivity contribution in [1.29, 1.82) is 0 Å². The highest BCUT2D eigenvalue weighted by Crippen LogP contribution is 2.22. The maximum Gasteiger partial charge on any atom is 0.0411 e. The van der Waals surface area contributed by atoms with Gasteiger partial charge in [-0.3, -0.25) is 0 Å². The highest BCUT2D eigenvalue weighted by atomic mass is 35.5. The Kier molecular flexibility index (Phi) is 3.73. The smallest absolute Gasteiger partial charge is 0.0411 e. The molecule has 76 valence electrons. The average Bonchev–Trinajstić information content (AvgIpc) is 2.00. The maximum atomic E-state index is 6.01. The Hall–Kier alpha value is -0.790. The third kappa shape index (κ3) is 3.17. The maximum absolute atomic E-state index is 6.01. The van der Waals surface area contributed by atoms with Gasteiger partial charge in [0.05, 0.1) is 0 Å². The predicted molar refractivity (Wildman–Crippen MR) is 62.5 cm³/mol. The molecule has 0 aliphatic heterocycles. The Morgan fingerprint density at radius 1 is 1.50 bits per heavy atom. The van der Waals surface area contributed by atoms with E-state index in [0.29, 0.717) is 0 Å². The second-order valence-electron chi connectivity index (χ2n) is 3.83. The highest BCUT2D eigenvalue weighted by molar-refractivity contribution is 6.30. The van der Waals surface area contributed by atoms with Gasteiger partial charge in [-0.05, 0) is 43.5 Å². The summed E-state index contributed by atoms with van der Waals surface area (Å²) < 4.78 is 0. The number of rotatable bonds is 3. The first-order chi connectivity index (χ1) is 6.49. The minimum atomic E-state index is 0.00454. The number of benzene rings is 1. The molecule has 2 heteroatoms. The third-order valence-electron chi connectivity index (χ3n) is 2.06. The zero-order chi connectivity index (χ0) is 10.7. The van der Waals surface area contributed by atoms with Crippen LogP contribution in [0.3, 0.4) is 0 Å². The van der Waals surface area contributed by atoms with Crippen molar-refractivity contribution in [3.8, 4) is 0 Å². The first-order valence-electron chi connectivity index (χ1n) is 4.66. The van der Waals surface area contributed by atoms with Crippen molar-refractivity contribution in [2.75, 3.05) is 0 Å². The summed E-state index contributed by atoms with van der Waals surface area (Å²) in [6.45, 7) is 7.85. The fourth-order valence-electron chi connectivity index (χ4n) is 1.47. The molecule has 14 heavy (non-hydrogen) atoms. The number of halogens is 1. The first-order valence-corrected chi connectivity index (χ1v) is 5.04. The number of aryl methyl sites for hydroxylation is 1. The zero-order valence-electron chi connectivity index (χ0n) is 8.68. The lowest BCUT2D eigenvalue weighted by Gasteiger charge is -2.13. The van der Waals surface area contributed by atoms with Crippen LogP contribution in [0.4, 0.5) is 0 Å². The Morgan fingerprint density at radius 2 is 2.14 bits per heavy atom. The van der Waals surface area contributed by atoms with Crippen LogP contribution in [-0.4, -0.2) is 0 Å². The summed E-state index contributed by atoms with van der Waals surface area (Å²) in [6.07, 6.45) is 0.805. The summed E-state index contributed by atoms with van der Waals surface area (Å²) in [7, 11) is 0. The van der Waals surface area contributed by atoms with Crippen molar-refractivity contribution in [2.45, 2.75) is 26.3 Å². The van der Waals surface area contributed by atoms with Crippen molar-refractivity contribution in [1.82, 2.24) is 0 Å². The highest BCUT2D eigenvalue weighted by Gasteiger charge is 2.07. The molecule has 0 bridgehead atoms. The van der Waals surface area contributed by atoms with E-state index in [9.17, 15) is 0 Å². The summed E-state index contributed by atoms with van der Waals surface area (Å²) in [5, 5.41) is 0.747. The summed E-state index contributed by atoms with van der Waals surface area (Å²) in [5.41, 5.74) is 9.33. The largest absolute Gasteiger partial charge is 0.324 e. The molecular weight excluding hydrogens is 194 g/mol. The van der Waals surface area contributed by atoms with Crippen LogP contribution in [0.2, 0.25) is 5.02 Å². The van der Waals surface area contributed by atoms with E-state index in [-0.39, 0.29) is 6.04 Å². The van der Waals surface area contributed by atoms with Crippen LogP contribution < -0.4 is 5.73 Å². The SMILES string of the molecule is C=C(C)CC(N)c1cc(C)cc(Cl)c1. The average molecular weight is 210 g/mol. The molecule has 0 aliphatic carbocycles. The quantitative estimate of drug-likeness (QED) is 0.757. The van der Waals surface area contributed by atoms with Gasteiger partial charge in [-0.15, -0.1) is 6.58 Å². The normalized spacial score (nSPS) is 12.6. The van der Waals surface area contributed by atoms with E-state index in [1.54, 1.807) is 0 Å². The molecule has 0 fully saturated rings. The fraction of sp³-hybridized carbons (Fsp3) is 0.333. The standard InChI is InChI=1S/C12H16ClN/c1-8(2)4-12(14)10-5-9(3)6-11(13)7-10/h5-7,12H,1,4,14H2,2-3H3. The molecule has 1 aromatic rings. The number of hydrogen-bond acceptors (Lipinski definition) is 1. The molecule has 0 saturated carbocycles. The lowest BCUT2D eigenvalue weighted by Crippen LogP contribution is -2.10. The van der Waals surface area contributed by atoms with Gasteiger partial charge >= 0.3 is 0 Å². The van der Waals surface area contributed by atoms with Gasteiger partial charge in [0.25, 0.3) is 0 Å². The molecule has 1 rings (SSSR count). The number of nitrogens with two attached hydrogens (primary N) is 1. The van der Waals surface area contributed by atoms with Gasteiger partial charge in [-0.2, -0.15) is 0 Å². The van der Waals surface area contributed by atoms with Gasteiger partial charge in [-0.25, -0.2) is 0 Å². The molecule has 1 unspecified atom stereocenters. The van der Waals surface area contributed by atoms with E-state index in [0.717, 1.165) is 28.1 Å². The van der Waals surface area contributed by atoms with E-state index in [1.165, 1.54) is 0 Å². The van der Waals surface area contributed by atoms with Gasteiger partial charge in [0.2, 0.25) is 0 Å². The lowest BCUT2D eigenvalue weighted by atomic mass is 10.00. The summed E-state index contributed by atoms with van der Waals surface area (Å²) >= 11 is 5.95. The Labute approximate surface area is 90.6 Å². The minimum Gasteiger partial charge on any atom is -0.324 e. The molecule has 0 aromatic heterocycles. The van der Waals surface area contributed by atoms with Crippen LogP contribution in [0.1, 0.15) is 30.5 Å². The van der Waals surface area contributed by atoms with Crippen molar-refractivity contribution in [2.24, 2.45) is 5.73 Å². The summed E-state index contributed by atoms with van der Waals surface area (Å²) in [5.74, 6) is 0. The molecule has 0 spiro atoms. The Morgan fingerprint density at radius 3 is 2.64 bits per heavy atom. The summed E-state index contributed by atoms with van der Waals surface area (Å²) in [4.78, 5) is 0. The van der Waals surface area contributed by atoms with Gasteiger partial charge in [0, 0.05) is 11.1 Å². The van der Waals surface area contributed by atoms with Crippen molar-refractivity contribution < 1.29 is 0 Å². The lowest BCUT2D eigenvalue weighted by molar-refractivity contribution is 0.716. The minimum absolute atomic E-state index is 0.00454. The van der Waals surface area contributed by atoms with Crippen molar-refractivity contribution in [3.05, 3.63) is 46.5 Å². The first kappa shape index (κ1) is 11.3. The van der Waals surface area contributed by atoms with E-state index < -0.39 is 0 Å². The van der Waals surface area contributed by atoms with Crippen LogP contribution in [0.5, 0.6) is 0 Å². The van der Waals surface area contributed by atoms with Crippen LogP contribution >= 0.6 is 11.6 Å². The van der Waals surface area contributed by atoms with E-state index in [2.05, 4.69) is 12.6 Å².